The van der Waals surface area contributed by atoms with Crippen LogP contribution in [0.3, 0.4) is 0 Å². The Balaban J connectivity index is 1.60. The van der Waals surface area contributed by atoms with E-state index in [1.54, 1.807) is 13.0 Å². The van der Waals surface area contributed by atoms with Gasteiger partial charge in [-0.1, -0.05) is 11.6 Å². The summed E-state index contributed by atoms with van der Waals surface area (Å²) >= 11 is 6.97. The van der Waals surface area contributed by atoms with Gasteiger partial charge >= 0.3 is 0 Å². The molecule has 1 aliphatic heterocycles. The van der Waals surface area contributed by atoms with Crippen LogP contribution in [0.25, 0.3) is 0 Å². The highest BCUT2D eigenvalue weighted by Gasteiger charge is 2.29. The van der Waals surface area contributed by atoms with Gasteiger partial charge in [-0.25, -0.2) is 13.2 Å². The van der Waals surface area contributed by atoms with Crippen LogP contribution in [0.15, 0.2) is 36.4 Å². The van der Waals surface area contributed by atoms with Crippen LogP contribution in [0.4, 0.5) is 23.9 Å². The number of amides is 2. The number of hydrogen-bond donors (Lipinski definition) is 1. The lowest BCUT2D eigenvalue weighted by atomic mass is 10.0. The summed E-state index contributed by atoms with van der Waals surface area (Å²) in [6, 6.07) is 7.07. The minimum atomic E-state index is -0.781. The Bertz CT molecular complexity index is 1210. The number of nitrogens with zero attached hydrogens (tertiary/aromatic N) is 1. The number of aryl methyl sites for hydroxylation is 2. The van der Waals surface area contributed by atoms with Gasteiger partial charge in [0.25, 0.3) is 11.8 Å². The average molecular weight is 465 g/mol. The first-order valence-corrected chi connectivity index (χ1v) is 10.6. The summed E-state index contributed by atoms with van der Waals surface area (Å²) in [6.07, 6.45) is 1.07. The number of benzene rings is 2. The molecule has 2 heterocycles. The SMILES string of the molecule is Cc1cc(NC(=O)c2ccc(F)cc2Cl)sc1C(=O)N1CCCc2cc(F)cc(F)c21. The summed E-state index contributed by atoms with van der Waals surface area (Å²) < 4.78 is 41.2. The lowest BCUT2D eigenvalue weighted by molar-refractivity contribution is 0.0985. The molecular weight excluding hydrogens is 449 g/mol. The van der Waals surface area contributed by atoms with E-state index in [4.69, 9.17) is 11.6 Å². The second kappa shape index (κ2) is 8.36. The van der Waals surface area contributed by atoms with Gasteiger partial charge in [0.15, 0.2) is 0 Å². The Morgan fingerprint density at radius 3 is 2.61 bits per heavy atom. The molecule has 0 radical (unpaired) electrons. The number of carbonyl (C=O) groups excluding carboxylic acids is 2. The van der Waals surface area contributed by atoms with Crippen LogP contribution in [-0.2, 0) is 6.42 Å². The van der Waals surface area contributed by atoms with Crippen molar-refractivity contribution in [2.75, 3.05) is 16.8 Å². The molecule has 0 bridgehead atoms. The van der Waals surface area contributed by atoms with Crippen molar-refractivity contribution in [1.82, 2.24) is 0 Å². The quantitative estimate of drug-likeness (QED) is 0.519. The topological polar surface area (TPSA) is 49.4 Å². The number of carbonyl (C=O) groups is 2. The van der Waals surface area contributed by atoms with E-state index in [0.29, 0.717) is 40.4 Å². The van der Waals surface area contributed by atoms with Gasteiger partial charge in [-0.2, -0.15) is 0 Å². The van der Waals surface area contributed by atoms with E-state index in [1.807, 2.05) is 0 Å². The molecule has 0 atom stereocenters. The van der Waals surface area contributed by atoms with Crippen molar-refractivity contribution in [1.29, 1.82) is 0 Å². The maximum Gasteiger partial charge on any atom is 0.268 e. The smallest absolute Gasteiger partial charge is 0.268 e. The van der Waals surface area contributed by atoms with Crippen molar-refractivity contribution >= 4 is 45.4 Å². The molecule has 0 aliphatic carbocycles. The normalized spacial score (nSPS) is 13.1. The first-order chi connectivity index (χ1) is 14.7. The number of fused-ring (bicyclic) bond motifs is 1. The van der Waals surface area contributed by atoms with E-state index < -0.39 is 29.3 Å². The van der Waals surface area contributed by atoms with Crippen molar-refractivity contribution in [2.24, 2.45) is 0 Å². The number of halogens is 4. The molecule has 3 aromatic rings. The van der Waals surface area contributed by atoms with E-state index in [9.17, 15) is 22.8 Å². The van der Waals surface area contributed by atoms with Gasteiger partial charge < -0.3 is 10.2 Å². The third kappa shape index (κ3) is 4.18. The lowest BCUT2D eigenvalue weighted by Gasteiger charge is -2.29. The molecular formula is C22H16ClF3N2O2S. The highest BCUT2D eigenvalue weighted by Crippen LogP contribution is 2.35. The van der Waals surface area contributed by atoms with Crippen LogP contribution in [0.2, 0.25) is 5.02 Å². The van der Waals surface area contributed by atoms with Gasteiger partial charge in [0.1, 0.15) is 17.5 Å². The third-order valence-electron chi connectivity index (χ3n) is 4.97. The van der Waals surface area contributed by atoms with E-state index in [0.717, 1.165) is 29.5 Å². The van der Waals surface area contributed by atoms with Gasteiger partial charge in [-0.05, 0) is 61.2 Å². The molecule has 1 aromatic heterocycles. The number of rotatable bonds is 3. The van der Waals surface area contributed by atoms with Crippen LogP contribution in [0.5, 0.6) is 0 Å². The highest BCUT2D eigenvalue weighted by molar-refractivity contribution is 7.18. The minimum absolute atomic E-state index is 0.0327. The number of nitrogens with one attached hydrogen (secondary N) is 1. The number of hydrogen-bond acceptors (Lipinski definition) is 3. The molecule has 9 heteroatoms. The van der Waals surface area contributed by atoms with Crippen molar-refractivity contribution < 1.29 is 22.8 Å². The van der Waals surface area contributed by atoms with E-state index in [2.05, 4.69) is 5.32 Å². The summed E-state index contributed by atoms with van der Waals surface area (Å²) in [5.74, 6) is -2.99. The summed E-state index contributed by atoms with van der Waals surface area (Å²) in [6.45, 7) is 2.01. The van der Waals surface area contributed by atoms with Gasteiger partial charge in [-0.3, -0.25) is 9.59 Å². The van der Waals surface area contributed by atoms with Gasteiger partial charge in [0.05, 0.1) is 26.2 Å². The van der Waals surface area contributed by atoms with Crippen LogP contribution in [0.1, 0.15) is 37.6 Å². The monoisotopic (exact) mass is 464 g/mol. The first-order valence-electron chi connectivity index (χ1n) is 9.41. The summed E-state index contributed by atoms with van der Waals surface area (Å²) in [4.78, 5) is 27.3. The second-order valence-corrected chi connectivity index (χ2v) is 8.62. The summed E-state index contributed by atoms with van der Waals surface area (Å²) in [5, 5.41) is 3.01. The second-order valence-electron chi connectivity index (χ2n) is 7.16. The molecule has 160 valence electrons. The zero-order valence-corrected chi connectivity index (χ0v) is 17.8. The number of thiophene rings is 1. The van der Waals surface area contributed by atoms with Crippen molar-refractivity contribution in [3.8, 4) is 0 Å². The fourth-order valence-corrected chi connectivity index (χ4v) is 4.86. The third-order valence-corrected chi connectivity index (χ3v) is 6.43. The molecule has 4 nitrogen and oxygen atoms in total. The predicted octanol–water partition coefficient (Wildman–Crippen LogP) is 5.97. The van der Waals surface area contributed by atoms with Gasteiger partial charge in [0, 0.05) is 12.6 Å². The van der Waals surface area contributed by atoms with Crippen LogP contribution in [0, 0.1) is 24.4 Å². The Morgan fingerprint density at radius 1 is 1.10 bits per heavy atom. The van der Waals surface area contributed by atoms with Gasteiger partial charge in [0.2, 0.25) is 0 Å². The van der Waals surface area contributed by atoms with Crippen LogP contribution in [-0.4, -0.2) is 18.4 Å². The number of anilines is 2. The Hall–Kier alpha value is -2.84. The molecule has 0 unspecified atom stereocenters. The van der Waals surface area contributed by atoms with Gasteiger partial charge in [-0.15, -0.1) is 11.3 Å². The predicted molar refractivity (Wildman–Crippen MR) is 115 cm³/mol. The molecule has 31 heavy (non-hydrogen) atoms. The Kier molecular flexibility index (Phi) is 5.77. The van der Waals surface area contributed by atoms with Crippen LogP contribution < -0.4 is 10.2 Å². The first kappa shape index (κ1) is 21.4. The fourth-order valence-electron chi connectivity index (χ4n) is 3.59. The Labute approximate surface area is 185 Å². The summed E-state index contributed by atoms with van der Waals surface area (Å²) in [5.41, 5.74) is 1.24. The standard InChI is InChI=1S/C22H16ClF3N2O2S/c1-11-7-18(27-21(29)15-5-4-13(24)9-16(15)23)31-20(11)22(30)28-6-2-3-12-8-14(25)10-17(26)19(12)28/h4-5,7-10H,2-3,6H2,1H3,(H,27,29). The maximum absolute atomic E-state index is 14.5. The van der Waals surface area contributed by atoms with E-state index >= 15 is 0 Å². The molecule has 4 rings (SSSR count). The van der Waals surface area contributed by atoms with E-state index in [1.165, 1.54) is 17.0 Å². The molecule has 2 amide bonds. The lowest BCUT2D eigenvalue weighted by Crippen LogP contribution is -2.36. The fraction of sp³-hybridized carbons (Fsp3) is 0.182. The Morgan fingerprint density at radius 2 is 1.87 bits per heavy atom. The maximum atomic E-state index is 14.5. The molecule has 1 N–H and O–H groups in total. The van der Waals surface area contributed by atoms with Crippen LogP contribution >= 0.6 is 22.9 Å². The molecule has 2 aromatic carbocycles. The zero-order valence-electron chi connectivity index (χ0n) is 16.3. The molecule has 0 fully saturated rings. The minimum Gasteiger partial charge on any atom is -0.313 e. The molecule has 0 saturated carbocycles. The van der Waals surface area contributed by atoms with Crippen molar-refractivity contribution in [3.05, 3.63) is 80.4 Å². The molecule has 0 spiro atoms. The zero-order chi connectivity index (χ0) is 22.3. The van der Waals surface area contributed by atoms with Crippen molar-refractivity contribution in [2.45, 2.75) is 19.8 Å². The van der Waals surface area contributed by atoms with E-state index in [-0.39, 0.29) is 16.3 Å². The highest BCUT2D eigenvalue weighted by atomic mass is 35.5. The largest absolute Gasteiger partial charge is 0.313 e. The molecule has 1 aliphatic rings. The van der Waals surface area contributed by atoms with Crippen molar-refractivity contribution in [3.63, 3.8) is 0 Å². The summed E-state index contributed by atoms with van der Waals surface area (Å²) in [7, 11) is 0. The molecule has 0 saturated heterocycles. The average Bonchev–Trinajstić information content (AvgIpc) is 3.06.